The van der Waals surface area contributed by atoms with Gasteiger partial charge in [-0.15, -0.1) is 0 Å². The summed E-state index contributed by atoms with van der Waals surface area (Å²) < 4.78 is 8.42. The van der Waals surface area contributed by atoms with Crippen LogP contribution in [0.3, 0.4) is 0 Å². The molecule has 4 rings (SSSR count). The number of nitrogens with zero attached hydrogens (tertiary/aromatic N) is 2. The molecule has 3 aromatic rings. The molecule has 1 aromatic heterocycles. The number of likely N-dealkylation sites (tertiary alicyclic amines) is 1. The van der Waals surface area contributed by atoms with Gasteiger partial charge in [0.2, 0.25) is 0 Å². The average Bonchev–Trinajstić information content (AvgIpc) is 3.01. The highest BCUT2D eigenvalue weighted by molar-refractivity contribution is 6.35. The van der Waals surface area contributed by atoms with Gasteiger partial charge in [-0.3, -0.25) is 0 Å². The molecular formula is C25H30Cl2N2O. The molecule has 0 unspecified atom stereocenters. The van der Waals surface area contributed by atoms with Gasteiger partial charge in [-0.05, 0) is 87.6 Å². The van der Waals surface area contributed by atoms with E-state index in [4.69, 9.17) is 27.9 Å². The Morgan fingerprint density at radius 1 is 1.03 bits per heavy atom. The van der Waals surface area contributed by atoms with E-state index in [1.54, 1.807) is 6.07 Å². The first kappa shape index (κ1) is 21.5. The molecule has 30 heavy (non-hydrogen) atoms. The Bertz CT molecular complexity index is 1020. The average molecular weight is 445 g/mol. The predicted octanol–water partition coefficient (Wildman–Crippen LogP) is 6.79. The van der Waals surface area contributed by atoms with Crippen LogP contribution in [0.25, 0.3) is 10.9 Å². The molecule has 5 heteroatoms. The van der Waals surface area contributed by atoms with Gasteiger partial charge >= 0.3 is 0 Å². The summed E-state index contributed by atoms with van der Waals surface area (Å²) in [5.74, 6) is 0.669. The minimum atomic E-state index is 0.491. The lowest BCUT2D eigenvalue weighted by Crippen LogP contribution is -2.30. The smallest absolute Gasteiger partial charge is 0.138 e. The third kappa shape index (κ3) is 4.64. The minimum absolute atomic E-state index is 0.491. The number of benzene rings is 2. The van der Waals surface area contributed by atoms with Gasteiger partial charge in [0.25, 0.3) is 0 Å². The highest BCUT2D eigenvalue weighted by atomic mass is 35.5. The fourth-order valence-electron chi connectivity index (χ4n) is 4.67. The molecule has 0 amide bonds. The number of hydrogen-bond acceptors (Lipinski definition) is 2. The monoisotopic (exact) mass is 444 g/mol. The van der Waals surface area contributed by atoms with Gasteiger partial charge in [0, 0.05) is 23.0 Å². The van der Waals surface area contributed by atoms with Crippen molar-refractivity contribution in [2.45, 2.75) is 45.6 Å². The lowest BCUT2D eigenvalue weighted by molar-refractivity contribution is 0.226. The fraction of sp³-hybridized carbons (Fsp3) is 0.440. The zero-order valence-electron chi connectivity index (χ0n) is 17.9. The predicted molar refractivity (Wildman–Crippen MR) is 127 cm³/mol. The van der Waals surface area contributed by atoms with Gasteiger partial charge in [0.15, 0.2) is 0 Å². The molecular weight excluding hydrogens is 415 g/mol. The summed E-state index contributed by atoms with van der Waals surface area (Å²) in [4.78, 5) is 2.62. The first-order valence-corrected chi connectivity index (χ1v) is 11.7. The molecule has 1 saturated heterocycles. The maximum Gasteiger partial charge on any atom is 0.138 e. The van der Waals surface area contributed by atoms with Gasteiger partial charge in [0.05, 0.1) is 10.7 Å². The van der Waals surface area contributed by atoms with E-state index in [0.717, 1.165) is 6.42 Å². The van der Waals surface area contributed by atoms with Gasteiger partial charge in [-0.1, -0.05) is 41.8 Å². The van der Waals surface area contributed by atoms with E-state index >= 15 is 0 Å². The summed E-state index contributed by atoms with van der Waals surface area (Å²) in [5, 5.41) is 2.54. The molecule has 0 atom stereocenters. The van der Waals surface area contributed by atoms with Crippen LogP contribution in [0.2, 0.25) is 10.0 Å². The largest absolute Gasteiger partial charge is 0.486 e. The van der Waals surface area contributed by atoms with Crippen LogP contribution in [0.5, 0.6) is 5.75 Å². The van der Waals surface area contributed by atoms with Gasteiger partial charge in [-0.2, -0.15) is 0 Å². The van der Waals surface area contributed by atoms with Crippen molar-refractivity contribution < 1.29 is 4.74 Å². The SMILES string of the molecule is Cc1cccc2c1c(CCCN1CCCCC1)c(COc1ccc(Cl)cc1Cl)n2C. The maximum atomic E-state index is 6.33. The zero-order chi connectivity index (χ0) is 21.1. The molecule has 0 N–H and O–H groups in total. The van der Waals surface area contributed by atoms with E-state index in [9.17, 15) is 0 Å². The van der Waals surface area contributed by atoms with Crippen LogP contribution < -0.4 is 4.74 Å². The quantitative estimate of drug-likeness (QED) is 0.398. The van der Waals surface area contributed by atoms with Crippen molar-refractivity contribution in [1.29, 1.82) is 0 Å². The third-order valence-corrected chi connectivity index (χ3v) is 6.81. The number of hydrogen-bond donors (Lipinski definition) is 0. The van der Waals surface area contributed by atoms with E-state index in [2.05, 4.69) is 41.6 Å². The first-order valence-electron chi connectivity index (χ1n) is 10.9. The van der Waals surface area contributed by atoms with Crippen LogP contribution in [-0.2, 0) is 20.1 Å². The van der Waals surface area contributed by atoms with Crippen molar-refractivity contribution in [2.24, 2.45) is 7.05 Å². The number of rotatable bonds is 7. The number of fused-ring (bicyclic) bond motifs is 1. The summed E-state index contributed by atoms with van der Waals surface area (Å²) in [5.41, 5.74) is 5.23. The van der Waals surface area contributed by atoms with Crippen LogP contribution in [0.4, 0.5) is 0 Å². The number of halogens is 2. The van der Waals surface area contributed by atoms with Crippen molar-refractivity contribution in [2.75, 3.05) is 19.6 Å². The molecule has 2 heterocycles. The van der Waals surface area contributed by atoms with Gasteiger partial charge in [0.1, 0.15) is 12.4 Å². The summed E-state index contributed by atoms with van der Waals surface area (Å²) in [7, 11) is 2.14. The molecule has 0 saturated carbocycles. The Morgan fingerprint density at radius 2 is 1.83 bits per heavy atom. The van der Waals surface area contributed by atoms with E-state index in [-0.39, 0.29) is 0 Å². The van der Waals surface area contributed by atoms with Crippen LogP contribution in [0.15, 0.2) is 36.4 Å². The van der Waals surface area contributed by atoms with Crippen molar-refractivity contribution in [3.05, 3.63) is 63.3 Å². The lowest BCUT2D eigenvalue weighted by atomic mass is 10.0. The second kappa shape index (κ2) is 9.64. The Morgan fingerprint density at radius 3 is 2.60 bits per heavy atom. The van der Waals surface area contributed by atoms with Crippen molar-refractivity contribution in [3.63, 3.8) is 0 Å². The third-order valence-electron chi connectivity index (χ3n) is 6.28. The number of aryl methyl sites for hydroxylation is 3. The van der Waals surface area contributed by atoms with E-state index in [1.165, 1.54) is 73.0 Å². The molecule has 160 valence electrons. The molecule has 1 fully saturated rings. The van der Waals surface area contributed by atoms with Crippen LogP contribution >= 0.6 is 23.2 Å². The number of ether oxygens (including phenoxy) is 1. The van der Waals surface area contributed by atoms with Crippen LogP contribution in [0.1, 0.15) is 42.5 Å². The lowest BCUT2D eigenvalue weighted by Gasteiger charge is -2.26. The molecule has 0 bridgehead atoms. The highest BCUT2D eigenvalue weighted by Crippen LogP contribution is 2.32. The Kier molecular flexibility index (Phi) is 6.92. The Hall–Kier alpha value is -1.68. The van der Waals surface area contributed by atoms with Crippen LogP contribution in [0, 0.1) is 6.92 Å². The van der Waals surface area contributed by atoms with Gasteiger partial charge in [-0.25, -0.2) is 0 Å². The second-order valence-corrected chi connectivity index (χ2v) is 9.17. The summed E-state index contributed by atoms with van der Waals surface area (Å²) in [6.45, 7) is 6.37. The normalized spacial score (nSPS) is 15.1. The second-order valence-electron chi connectivity index (χ2n) is 8.32. The summed E-state index contributed by atoms with van der Waals surface area (Å²) >= 11 is 12.4. The van der Waals surface area contributed by atoms with Crippen molar-refractivity contribution >= 4 is 34.1 Å². The molecule has 1 aliphatic heterocycles. The first-order chi connectivity index (χ1) is 14.5. The summed E-state index contributed by atoms with van der Waals surface area (Å²) in [6.07, 6.45) is 6.30. The Labute approximate surface area is 189 Å². The fourth-order valence-corrected chi connectivity index (χ4v) is 5.13. The van der Waals surface area contributed by atoms with Crippen molar-refractivity contribution in [1.82, 2.24) is 9.47 Å². The van der Waals surface area contributed by atoms with Crippen molar-refractivity contribution in [3.8, 4) is 5.75 Å². The molecule has 0 spiro atoms. The maximum absolute atomic E-state index is 6.33. The Balaban J connectivity index is 1.58. The summed E-state index contributed by atoms with van der Waals surface area (Å²) in [6, 6.07) is 11.9. The van der Waals surface area contributed by atoms with Gasteiger partial charge < -0.3 is 14.2 Å². The zero-order valence-corrected chi connectivity index (χ0v) is 19.4. The number of piperidine rings is 1. The topological polar surface area (TPSA) is 17.4 Å². The highest BCUT2D eigenvalue weighted by Gasteiger charge is 2.18. The van der Waals surface area contributed by atoms with Crippen LogP contribution in [-0.4, -0.2) is 29.1 Å². The standard InChI is InChI=1S/C25H30Cl2N2O/c1-18-8-6-10-22-25(18)20(9-7-15-29-13-4-3-5-14-29)23(28(22)2)17-30-24-12-11-19(26)16-21(24)27/h6,8,10-12,16H,3-5,7,9,13-15,17H2,1-2H3. The number of aromatic nitrogens is 1. The minimum Gasteiger partial charge on any atom is -0.486 e. The van der Waals surface area contributed by atoms with E-state index in [1.807, 2.05) is 12.1 Å². The molecule has 1 aliphatic rings. The van der Waals surface area contributed by atoms with E-state index in [0.29, 0.717) is 22.4 Å². The molecule has 3 nitrogen and oxygen atoms in total. The molecule has 2 aromatic carbocycles. The van der Waals surface area contributed by atoms with E-state index < -0.39 is 0 Å². The molecule has 0 aliphatic carbocycles. The molecule has 0 radical (unpaired) electrons.